The molecule has 1 fully saturated rings. The number of nitrogens with one attached hydrogen (secondary N) is 1. The summed E-state index contributed by atoms with van der Waals surface area (Å²) in [5, 5.41) is 4.50. The molecule has 0 amide bonds. The summed E-state index contributed by atoms with van der Waals surface area (Å²) >= 11 is 6.54. The minimum Gasteiger partial charge on any atom is -0.368 e. The van der Waals surface area contributed by atoms with E-state index in [9.17, 15) is 0 Å². The van der Waals surface area contributed by atoms with E-state index in [0.29, 0.717) is 6.04 Å². The maximum absolute atomic E-state index is 6.54. The molecule has 1 aromatic carbocycles. The maximum atomic E-state index is 6.54. The van der Waals surface area contributed by atoms with E-state index < -0.39 is 0 Å². The Morgan fingerprint density at radius 2 is 2.05 bits per heavy atom. The number of hydrogen-bond acceptors (Lipinski definition) is 2. The van der Waals surface area contributed by atoms with Crippen LogP contribution in [0.2, 0.25) is 5.02 Å². The zero-order chi connectivity index (χ0) is 15.2. The Morgan fingerprint density at radius 3 is 2.67 bits per heavy atom. The van der Waals surface area contributed by atoms with Crippen LogP contribution in [0.15, 0.2) is 18.2 Å². The summed E-state index contributed by atoms with van der Waals surface area (Å²) in [6.45, 7) is 8.78. The summed E-state index contributed by atoms with van der Waals surface area (Å²) in [6.07, 6.45) is 6.41. The number of benzene rings is 1. The summed E-state index contributed by atoms with van der Waals surface area (Å²) in [7, 11) is 0. The average molecular weight is 309 g/mol. The lowest BCUT2D eigenvalue weighted by molar-refractivity contribution is 0.618. The number of unbranched alkanes of at least 4 members (excludes halogenated alkanes) is 2. The van der Waals surface area contributed by atoms with E-state index >= 15 is 0 Å². The lowest BCUT2D eigenvalue weighted by Crippen LogP contribution is -2.33. The molecule has 0 spiro atoms. The zero-order valence-electron chi connectivity index (χ0n) is 13.7. The molecular formula is C18H29ClN2. The van der Waals surface area contributed by atoms with Gasteiger partial charge in [-0.1, -0.05) is 43.5 Å². The van der Waals surface area contributed by atoms with Gasteiger partial charge in [0.15, 0.2) is 0 Å². The molecule has 0 aliphatic heterocycles. The molecule has 2 rings (SSSR count). The van der Waals surface area contributed by atoms with Gasteiger partial charge in [0, 0.05) is 25.2 Å². The predicted molar refractivity (Wildman–Crippen MR) is 93.3 cm³/mol. The number of para-hydroxylation sites is 1. The second-order valence-corrected chi connectivity index (χ2v) is 6.80. The molecule has 1 aliphatic carbocycles. The number of halogens is 1. The first-order chi connectivity index (χ1) is 10.1. The van der Waals surface area contributed by atoms with Gasteiger partial charge in [-0.15, -0.1) is 0 Å². The highest BCUT2D eigenvalue weighted by Crippen LogP contribution is 2.32. The van der Waals surface area contributed by atoms with Crippen LogP contribution >= 0.6 is 11.6 Å². The first-order valence-corrected chi connectivity index (χ1v) is 8.78. The Hall–Kier alpha value is -0.730. The van der Waals surface area contributed by atoms with Gasteiger partial charge >= 0.3 is 0 Å². The normalized spacial score (nSPS) is 14.7. The van der Waals surface area contributed by atoms with Gasteiger partial charge in [-0.05, 0) is 44.7 Å². The Balaban J connectivity index is 2.15. The van der Waals surface area contributed by atoms with Crippen LogP contribution in [0.5, 0.6) is 0 Å². The van der Waals surface area contributed by atoms with Crippen LogP contribution in [0.1, 0.15) is 58.4 Å². The monoisotopic (exact) mass is 308 g/mol. The van der Waals surface area contributed by atoms with Crippen molar-refractivity contribution in [3.8, 4) is 0 Å². The molecule has 1 N–H and O–H groups in total. The molecule has 2 nitrogen and oxygen atoms in total. The van der Waals surface area contributed by atoms with Crippen LogP contribution in [0.4, 0.5) is 5.69 Å². The molecule has 3 heteroatoms. The molecule has 0 heterocycles. The maximum Gasteiger partial charge on any atom is 0.0643 e. The number of rotatable bonds is 9. The summed E-state index contributed by atoms with van der Waals surface area (Å²) in [6, 6.07) is 7.50. The Bertz CT molecular complexity index is 441. The van der Waals surface area contributed by atoms with Gasteiger partial charge in [-0.25, -0.2) is 0 Å². The molecule has 1 saturated carbocycles. The highest BCUT2D eigenvalue weighted by atomic mass is 35.5. The lowest BCUT2D eigenvalue weighted by atomic mass is 10.1. The van der Waals surface area contributed by atoms with E-state index in [1.807, 2.05) is 6.07 Å². The quantitative estimate of drug-likeness (QED) is 0.646. The lowest BCUT2D eigenvalue weighted by Gasteiger charge is -2.32. The number of anilines is 1. The largest absolute Gasteiger partial charge is 0.368 e. The van der Waals surface area contributed by atoms with Gasteiger partial charge in [-0.3, -0.25) is 0 Å². The van der Waals surface area contributed by atoms with Gasteiger partial charge in [0.25, 0.3) is 0 Å². The van der Waals surface area contributed by atoms with Gasteiger partial charge in [-0.2, -0.15) is 0 Å². The second kappa shape index (κ2) is 8.05. The van der Waals surface area contributed by atoms with Crippen LogP contribution in [-0.2, 0) is 6.54 Å². The minimum absolute atomic E-state index is 0.474. The first kappa shape index (κ1) is 16.6. The van der Waals surface area contributed by atoms with Gasteiger partial charge in [0.05, 0.1) is 10.7 Å². The summed E-state index contributed by atoms with van der Waals surface area (Å²) in [4.78, 5) is 2.47. The van der Waals surface area contributed by atoms with Crippen LogP contribution in [0, 0.1) is 0 Å². The highest BCUT2D eigenvalue weighted by Gasteiger charge is 2.22. The van der Waals surface area contributed by atoms with Crippen molar-refractivity contribution in [2.45, 2.75) is 71.5 Å². The standard InChI is InChI=1S/C18H29ClN2/c1-4-5-6-12-21(14(2)3)18-15(8-7-9-17(18)19)13-20-16-10-11-16/h7-9,14,16,20H,4-6,10-13H2,1-3H3. The average Bonchev–Trinajstić information content (AvgIpc) is 3.26. The van der Waals surface area contributed by atoms with Gasteiger partial charge in [0.1, 0.15) is 0 Å². The molecule has 0 aromatic heterocycles. The molecular weight excluding hydrogens is 280 g/mol. The van der Waals surface area contributed by atoms with Crippen molar-refractivity contribution < 1.29 is 0 Å². The fourth-order valence-electron chi connectivity index (χ4n) is 2.73. The van der Waals surface area contributed by atoms with Crippen molar-refractivity contribution in [3.63, 3.8) is 0 Å². The van der Waals surface area contributed by atoms with E-state index in [1.54, 1.807) is 0 Å². The Morgan fingerprint density at radius 1 is 1.29 bits per heavy atom. The van der Waals surface area contributed by atoms with Crippen LogP contribution in [0.25, 0.3) is 0 Å². The van der Waals surface area contributed by atoms with E-state index in [-0.39, 0.29) is 0 Å². The Labute approximate surface area is 134 Å². The molecule has 0 radical (unpaired) electrons. The molecule has 0 bridgehead atoms. The molecule has 0 atom stereocenters. The van der Waals surface area contributed by atoms with Crippen molar-refractivity contribution >= 4 is 17.3 Å². The van der Waals surface area contributed by atoms with E-state index in [4.69, 9.17) is 11.6 Å². The van der Waals surface area contributed by atoms with Crippen molar-refractivity contribution in [2.24, 2.45) is 0 Å². The fourth-order valence-corrected chi connectivity index (χ4v) is 3.03. The summed E-state index contributed by atoms with van der Waals surface area (Å²) < 4.78 is 0. The predicted octanol–water partition coefficient (Wildman–Crippen LogP) is 5.00. The fraction of sp³-hybridized carbons (Fsp3) is 0.667. The third-order valence-electron chi connectivity index (χ3n) is 4.14. The number of nitrogens with zero attached hydrogens (tertiary/aromatic N) is 1. The topological polar surface area (TPSA) is 15.3 Å². The third kappa shape index (κ3) is 4.89. The smallest absolute Gasteiger partial charge is 0.0643 e. The van der Waals surface area contributed by atoms with Crippen molar-refractivity contribution in [3.05, 3.63) is 28.8 Å². The highest BCUT2D eigenvalue weighted by molar-refractivity contribution is 6.33. The minimum atomic E-state index is 0.474. The van der Waals surface area contributed by atoms with Gasteiger partial charge < -0.3 is 10.2 Å². The molecule has 0 unspecified atom stereocenters. The SMILES string of the molecule is CCCCCN(c1c(Cl)cccc1CNC1CC1)C(C)C. The van der Waals surface area contributed by atoms with Crippen LogP contribution in [-0.4, -0.2) is 18.6 Å². The molecule has 1 aliphatic rings. The van der Waals surface area contributed by atoms with Gasteiger partial charge in [0.2, 0.25) is 0 Å². The van der Waals surface area contributed by atoms with E-state index in [2.05, 4.69) is 43.1 Å². The van der Waals surface area contributed by atoms with Crippen LogP contribution < -0.4 is 10.2 Å². The molecule has 1 aromatic rings. The van der Waals surface area contributed by atoms with E-state index in [0.717, 1.165) is 24.2 Å². The second-order valence-electron chi connectivity index (χ2n) is 6.40. The molecule has 0 saturated heterocycles. The Kier molecular flexibility index (Phi) is 6.38. The number of hydrogen-bond donors (Lipinski definition) is 1. The van der Waals surface area contributed by atoms with Crippen molar-refractivity contribution in [2.75, 3.05) is 11.4 Å². The van der Waals surface area contributed by atoms with E-state index in [1.165, 1.54) is 43.4 Å². The first-order valence-electron chi connectivity index (χ1n) is 8.41. The molecule has 21 heavy (non-hydrogen) atoms. The van der Waals surface area contributed by atoms with Crippen molar-refractivity contribution in [1.82, 2.24) is 5.32 Å². The summed E-state index contributed by atoms with van der Waals surface area (Å²) in [5.74, 6) is 0. The zero-order valence-corrected chi connectivity index (χ0v) is 14.4. The van der Waals surface area contributed by atoms with Crippen molar-refractivity contribution in [1.29, 1.82) is 0 Å². The third-order valence-corrected chi connectivity index (χ3v) is 4.45. The summed E-state index contributed by atoms with van der Waals surface area (Å²) in [5.41, 5.74) is 2.57. The van der Waals surface area contributed by atoms with Crippen LogP contribution in [0.3, 0.4) is 0 Å². The molecule has 118 valence electrons.